The van der Waals surface area contributed by atoms with Gasteiger partial charge in [0.05, 0.1) is 11.3 Å². The Kier molecular flexibility index (Phi) is 5.58. The first-order valence-corrected chi connectivity index (χ1v) is 9.71. The summed E-state index contributed by atoms with van der Waals surface area (Å²) in [5.74, 6) is 1.50. The van der Waals surface area contributed by atoms with Crippen molar-refractivity contribution < 1.29 is 0 Å². The van der Waals surface area contributed by atoms with Crippen LogP contribution in [0.3, 0.4) is 0 Å². The predicted molar refractivity (Wildman–Crippen MR) is 110 cm³/mol. The van der Waals surface area contributed by atoms with E-state index in [4.69, 9.17) is 4.98 Å². The average molecular weight is 359 g/mol. The maximum atomic E-state index is 4.78. The van der Waals surface area contributed by atoms with Gasteiger partial charge in [-0.1, -0.05) is 55.7 Å². The molecule has 1 aliphatic carbocycles. The van der Waals surface area contributed by atoms with Crippen LogP contribution in [0, 0.1) is 0 Å². The number of benzene rings is 1. The maximum absolute atomic E-state index is 4.78. The predicted octanol–water partition coefficient (Wildman–Crippen LogP) is 4.90. The standard InChI is InChI=1S/C22H25N5/c1-3-9-17(10-4-1)15-24-22-25-16-19(20-13-7-8-14-23-20)21(27-22)26-18-11-5-2-6-12-18/h1,3-4,7-10,13-14,16,18H,2,5-6,11-12,15H2,(H2,24,25,26,27). The lowest BCUT2D eigenvalue weighted by molar-refractivity contribution is 0.462. The van der Waals surface area contributed by atoms with Crippen LogP contribution in [0.15, 0.2) is 60.9 Å². The minimum absolute atomic E-state index is 0.470. The van der Waals surface area contributed by atoms with Gasteiger partial charge in [-0.3, -0.25) is 4.98 Å². The quantitative estimate of drug-likeness (QED) is 0.656. The zero-order chi connectivity index (χ0) is 18.3. The summed E-state index contributed by atoms with van der Waals surface area (Å²) in [5, 5.41) is 6.99. The Morgan fingerprint density at radius 1 is 0.889 bits per heavy atom. The van der Waals surface area contributed by atoms with Gasteiger partial charge in [0, 0.05) is 25.0 Å². The molecule has 0 atom stereocenters. The lowest BCUT2D eigenvalue weighted by atomic mass is 9.95. The van der Waals surface area contributed by atoms with Gasteiger partial charge in [0.15, 0.2) is 0 Å². The van der Waals surface area contributed by atoms with Crippen LogP contribution in [0.4, 0.5) is 11.8 Å². The smallest absolute Gasteiger partial charge is 0.224 e. The normalized spacial score (nSPS) is 14.7. The van der Waals surface area contributed by atoms with Gasteiger partial charge in [0.25, 0.3) is 0 Å². The fourth-order valence-corrected chi connectivity index (χ4v) is 3.50. The molecule has 4 rings (SSSR count). The molecule has 2 heterocycles. The molecule has 0 amide bonds. The van der Waals surface area contributed by atoms with E-state index in [0.717, 1.165) is 17.1 Å². The van der Waals surface area contributed by atoms with Gasteiger partial charge in [0.1, 0.15) is 5.82 Å². The molecule has 5 heteroatoms. The molecule has 1 fully saturated rings. The number of aromatic nitrogens is 3. The molecule has 3 aromatic rings. The maximum Gasteiger partial charge on any atom is 0.224 e. The molecule has 1 aromatic carbocycles. The van der Waals surface area contributed by atoms with Crippen molar-refractivity contribution in [2.24, 2.45) is 0 Å². The zero-order valence-electron chi connectivity index (χ0n) is 15.4. The number of hydrogen-bond acceptors (Lipinski definition) is 5. The highest BCUT2D eigenvalue weighted by Gasteiger charge is 2.17. The van der Waals surface area contributed by atoms with Crippen molar-refractivity contribution >= 4 is 11.8 Å². The number of hydrogen-bond donors (Lipinski definition) is 2. The first kappa shape index (κ1) is 17.5. The second-order valence-corrected chi connectivity index (χ2v) is 6.99. The second-order valence-electron chi connectivity index (χ2n) is 6.99. The Labute approximate surface area is 160 Å². The van der Waals surface area contributed by atoms with Gasteiger partial charge in [-0.15, -0.1) is 0 Å². The van der Waals surface area contributed by atoms with Crippen LogP contribution in [0.2, 0.25) is 0 Å². The lowest BCUT2D eigenvalue weighted by Gasteiger charge is -2.24. The van der Waals surface area contributed by atoms with E-state index in [1.54, 1.807) is 6.20 Å². The molecule has 1 saturated carbocycles. The van der Waals surface area contributed by atoms with Crippen molar-refractivity contribution in [3.63, 3.8) is 0 Å². The Morgan fingerprint density at radius 2 is 1.70 bits per heavy atom. The largest absolute Gasteiger partial charge is 0.367 e. The van der Waals surface area contributed by atoms with E-state index in [0.29, 0.717) is 18.5 Å². The first-order chi connectivity index (χ1) is 13.4. The summed E-state index contributed by atoms with van der Waals surface area (Å²) in [7, 11) is 0. The van der Waals surface area contributed by atoms with Crippen LogP contribution in [0.25, 0.3) is 11.3 Å². The Balaban J connectivity index is 1.57. The van der Waals surface area contributed by atoms with E-state index < -0.39 is 0 Å². The topological polar surface area (TPSA) is 62.7 Å². The Bertz CT molecular complexity index is 845. The minimum atomic E-state index is 0.470. The van der Waals surface area contributed by atoms with Crippen molar-refractivity contribution in [3.05, 3.63) is 66.5 Å². The van der Waals surface area contributed by atoms with Crippen LogP contribution in [0.5, 0.6) is 0 Å². The third kappa shape index (κ3) is 4.61. The summed E-state index contributed by atoms with van der Waals surface area (Å²) in [6, 6.07) is 16.7. The molecule has 27 heavy (non-hydrogen) atoms. The SMILES string of the molecule is c1ccc(CNc2ncc(-c3ccccn3)c(NC3CCCCC3)n2)cc1. The summed E-state index contributed by atoms with van der Waals surface area (Å²) in [6.45, 7) is 0.701. The molecule has 0 spiro atoms. The van der Waals surface area contributed by atoms with Crippen LogP contribution in [-0.2, 0) is 6.54 Å². The summed E-state index contributed by atoms with van der Waals surface area (Å²) in [4.78, 5) is 13.8. The fourth-order valence-electron chi connectivity index (χ4n) is 3.50. The van der Waals surface area contributed by atoms with Crippen molar-refractivity contribution in [1.82, 2.24) is 15.0 Å². The number of pyridine rings is 1. The lowest BCUT2D eigenvalue weighted by Crippen LogP contribution is -2.23. The van der Waals surface area contributed by atoms with Gasteiger partial charge < -0.3 is 10.6 Å². The van der Waals surface area contributed by atoms with Crippen LogP contribution < -0.4 is 10.6 Å². The van der Waals surface area contributed by atoms with E-state index >= 15 is 0 Å². The van der Waals surface area contributed by atoms with E-state index in [1.807, 2.05) is 42.6 Å². The molecule has 138 valence electrons. The molecule has 0 unspecified atom stereocenters. The Hall–Kier alpha value is -2.95. The number of rotatable bonds is 6. The third-order valence-electron chi connectivity index (χ3n) is 4.97. The molecule has 0 saturated heterocycles. The summed E-state index contributed by atoms with van der Waals surface area (Å²) in [6.07, 6.45) is 9.95. The molecule has 2 N–H and O–H groups in total. The molecule has 2 aromatic heterocycles. The van der Waals surface area contributed by atoms with Gasteiger partial charge in [0.2, 0.25) is 5.95 Å². The van der Waals surface area contributed by atoms with E-state index in [-0.39, 0.29) is 0 Å². The van der Waals surface area contributed by atoms with E-state index in [1.165, 1.54) is 37.7 Å². The molecule has 5 nitrogen and oxygen atoms in total. The number of anilines is 2. The zero-order valence-corrected chi connectivity index (χ0v) is 15.4. The summed E-state index contributed by atoms with van der Waals surface area (Å²) >= 11 is 0. The summed E-state index contributed by atoms with van der Waals surface area (Å²) < 4.78 is 0. The van der Waals surface area contributed by atoms with Crippen LogP contribution in [0.1, 0.15) is 37.7 Å². The van der Waals surface area contributed by atoms with Gasteiger partial charge in [-0.2, -0.15) is 4.98 Å². The number of nitrogens with one attached hydrogen (secondary N) is 2. The van der Waals surface area contributed by atoms with Gasteiger partial charge in [-0.05, 0) is 30.5 Å². The first-order valence-electron chi connectivity index (χ1n) is 9.71. The molecular formula is C22H25N5. The highest BCUT2D eigenvalue weighted by molar-refractivity contribution is 5.72. The third-order valence-corrected chi connectivity index (χ3v) is 4.97. The number of nitrogens with zero attached hydrogens (tertiary/aromatic N) is 3. The van der Waals surface area contributed by atoms with E-state index in [9.17, 15) is 0 Å². The molecule has 0 aliphatic heterocycles. The van der Waals surface area contributed by atoms with Crippen molar-refractivity contribution in [2.75, 3.05) is 10.6 Å². The van der Waals surface area contributed by atoms with E-state index in [2.05, 4.69) is 32.7 Å². The average Bonchev–Trinajstić information content (AvgIpc) is 2.74. The Morgan fingerprint density at radius 3 is 2.48 bits per heavy atom. The van der Waals surface area contributed by atoms with Crippen molar-refractivity contribution in [2.45, 2.75) is 44.7 Å². The second kappa shape index (κ2) is 8.62. The molecule has 1 aliphatic rings. The molecule has 0 bridgehead atoms. The monoisotopic (exact) mass is 359 g/mol. The van der Waals surface area contributed by atoms with Crippen molar-refractivity contribution in [3.8, 4) is 11.3 Å². The van der Waals surface area contributed by atoms with Crippen LogP contribution >= 0.6 is 0 Å². The minimum Gasteiger partial charge on any atom is -0.367 e. The van der Waals surface area contributed by atoms with Gasteiger partial charge in [-0.25, -0.2) is 4.98 Å². The molecular weight excluding hydrogens is 334 g/mol. The van der Waals surface area contributed by atoms with Crippen molar-refractivity contribution in [1.29, 1.82) is 0 Å². The highest BCUT2D eigenvalue weighted by Crippen LogP contribution is 2.28. The van der Waals surface area contributed by atoms with Gasteiger partial charge >= 0.3 is 0 Å². The summed E-state index contributed by atoms with van der Waals surface area (Å²) in [5.41, 5.74) is 3.05. The fraction of sp³-hybridized carbons (Fsp3) is 0.318. The highest BCUT2D eigenvalue weighted by atomic mass is 15.1. The molecule has 0 radical (unpaired) electrons. The van der Waals surface area contributed by atoms with Crippen LogP contribution in [-0.4, -0.2) is 21.0 Å².